The lowest BCUT2D eigenvalue weighted by molar-refractivity contribution is -0.134. The number of ether oxygens (including phenoxy) is 1. The number of rotatable bonds is 2. The summed E-state index contributed by atoms with van der Waals surface area (Å²) >= 11 is 0. The first-order valence-electron chi connectivity index (χ1n) is 2.55. The van der Waals surface area contributed by atoms with E-state index in [0.29, 0.717) is 0 Å². The maximum Gasteiger partial charge on any atom is 0.330 e. The summed E-state index contributed by atoms with van der Waals surface area (Å²) in [5.74, 6) is -0.489. The number of hydrogen-bond acceptors (Lipinski definition) is 3. The van der Waals surface area contributed by atoms with E-state index in [9.17, 15) is 4.79 Å². The largest absolute Gasteiger partial charge is 0.466 e. The lowest BCUT2D eigenvalue weighted by Gasteiger charge is -1.86. The van der Waals surface area contributed by atoms with Gasteiger partial charge in [0.05, 0.1) is 13.2 Å². The predicted molar refractivity (Wildman–Crippen MR) is 35.9 cm³/mol. The molecule has 3 heteroatoms. The molecule has 0 amide bonds. The van der Waals surface area contributed by atoms with Crippen LogP contribution in [0.3, 0.4) is 0 Å². The first-order chi connectivity index (χ1) is 4.70. The van der Waals surface area contributed by atoms with Crippen molar-refractivity contribution in [3.05, 3.63) is 24.3 Å². The quantitative estimate of drug-likeness (QED) is 0.245. The van der Waals surface area contributed by atoms with Crippen LogP contribution in [0.15, 0.2) is 24.3 Å². The molecule has 0 aliphatic heterocycles. The summed E-state index contributed by atoms with van der Waals surface area (Å²) in [6.07, 6.45) is 2.44. The zero-order valence-electron chi connectivity index (χ0n) is 5.63. The first kappa shape index (κ1) is 8.44. The molecule has 52 valence electrons. The van der Waals surface area contributed by atoms with E-state index in [1.165, 1.54) is 13.2 Å². The Balaban J connectivity index is 3.91. The van der Waals surface area contributed by atoms with Crippen molar-refractivity contribution in [2.75, 3.05) is 7.11 Å². The molecule has 0 bridgehead atoms. The third kappa shape index (κ3) is 3.44. The van der Waals surface area contributed by atoms with Crippen LogP contribution in [0.4, 0.5) is 0 Å². The topological polar surface area (TPSA) is 50.1 Å². The van der Waals surface area contributed by atoms with E-state index in [1.807, 2.05) is 0 Å². The highest BCUT2D eigenvalue weighted by Crippen LogP contribution is 1.89. The first-order valence-corrected chi connectivity index (χ1v) is 2.55. The number of methoxy groups -OCH3 is 1. The summed E-state index contributed by atoms with van der Waals surface area (Å²) in [7, 11) is 1.27. The molecular weight excluding hydrogens is 130 g/mol. The normalized spacial score (nSPS) is 8.80. The number of nitrogens with zero attached hydrogens (tertiary/aromatic N) is 1. The maximum atomic E-state index is 10.4. The highest BCUT2D eigenvalue weighted by molar-refractivity contribution is 5.82. The molecule has 0 rings (SSSR count). The molecule has 0 atom stereocenters. The second-order valence-electron chi connectivity index (χ2n) is 1.49. The third-order valence-corrected chi connectivity index (χ3v) is 0.765. The van der Waals surface area contributed by atoms with Gasteiger partial charge in [0.1, 0.15) is 0 Å². The van der Waals surface area contributed by atoms with Gasteiger partial charge in [0, 0.05) is 11.6 Å². The summed E-state index contributed by atoms with van der Waals surface area (Å²) in [6.45, 7) is 3.32. The Morgan fingerprint density at radius 3 is 2.70 bits per heavy atom. The molecule has 0 saturated carbocycles. The number of allylic oxidation sites excluding steroid dienone is 2. The lowest BCUT2D eigenvalue weighted by Crippen LogP contribution is -1.93. The second kappa shape index (κ2) is 4.33. The van der Waals surface area contributed by atoms with Crippen molar-refractivity contribution in [2.45, 2.75) is 0 Å². The molecule has 0 heterocycles. The van der Waals surface area contributed by atoms with Gasteiger partial charge in [-0.1, -0.05) is 6.58 Å². The Bertz CT molecular complexity index is 210. The predicted octanol–water partition coefficient (Wildman–Crippen LogP) is 0.795. The maximum absolute atomic E-state index is 10.4. The zero-order chi connectivity index (χ0) is 7.98. The van der Waals surface area contributed by atoms with Crippen LogP contribution in [0.5, 0.6) is 0 Å². The van der Waals surface area contributed by atoms with Gasteiger partial charge in [-0.05, 0) is 6.08 Å². The van der Waals surface area contributed by atoms with Gasteiger partial charge in [-0.25, -0.2) is 4.79 Å². The Hall–Kier alpha value is -1.56. The Morgan fingerprint density at radius 1 is 1.70 bits per heavy atom. The molecule has 0 saturated heterocycles. The SMILES string of the molecule is C=C(C#N)/C=C/C(=O)OC. The molecule has 0 aliphatic rings. The van der Waals surface area contributed by atoms with Gasteiger partial charge in [-0.3, -0.25) is 0 Å². The fourth-order valence-electron chi connectivity index (χ4n) is 0.274. The van der Waals surface area contributed by atoms with Gasteiger partial charge in [0.2, 0.25) is 0 Å². The van der Waals surface area contributed by atoms with Gasteiger partial charge in [-0.2, -0.15) is 5.26 Å². The van der Waals surface area contributed by atoms with Gasteiger partial charge in [0.15, 0.2) is 0 Å². The van der Waals surface area contributed by atoms with Crippen molar-refractivity contribution < 1.29 is 9.53 Å². The van der Waals surface area contributed by atoms with Gasteiger partial charge < -0.3 is 4.74 Å². The number of hydrogen-bond donors (Lipinski definition) is 0. The Morgan fingerprint density at radius 2 is 2.30 bits per heavy atom. The number of esters is 1. The van der Waals surface area contributed by atoms with Gasteiger partial charge in [0.25, 0.3) is 0 Å². The highest BCUT2D eigenvalue weighted by Gasteiger charge is 1.89. The van der Waals surface area contributed by atoms with Crippen molar-refractivity contribution in [1.29, 1.82) is 5.26 Å². The van der Waals surface area contributed by atoms with E-state index in [2.05, 4.69) is 11.3 Å². The van der Waals surface area contributed by atoms with E-state index >= 15 is 0 Å². The molecule has 0 spiro atoms. The minimum Gasteiger partial charge on any atom is -0.466 e. The molecule has 0 aliphatic carbocycles. The third-order valence-electron chi connectivity index (χ3n) is 0.765. The summed E-state index contributed by atoms with van der Waals surface area (Å²) < 4.78 is 4.27. The fourth-order valence-corrected chi connectivity index (χ4v) is 0.274. The number of carbonyl (C=O) groups is 1. The fraction of sp³-hybridized carbons (Fsp3) is 0.143. The monoisotopic (exact) mass is 137 g/mol. The number of carbonyl (C=O) groups excluding carboxylic acids is 1. The van der Waals surface area contributed by atoms with Crippen molar-refractivity contribution in [3.8, 4) is 6.07 Å². The summed E-state index contributed by atoms with van der Waals surface area (Å²) in [4.78, 5) is 10.4. The molecule has 0 aromatic rings. The van der Waals surface area contributed by atoms with Crippen LogP contribution in [0.2, 0.25) is 0 Å². The molecule has 0 fully saturated rings. The average Bonchev–Trinajstić information content (AvgIpc) is 1.99. The van der Waals surface area contributed by atoms with Crippen LogP contribution in [0.25, 0.3) is 0 Å². The van der Waals surface area contributed by atoms with E-state index in [-0.39, 0.29) is 5.57 Å². The minimum absolute atomic E-state index is 0.227. The summed E-state index contributed by atoms with van der Waals surface area (Å²) in [5, 5.41) is 8.17. The van der Waals surface area contributed by atoms with Crippen LogP contribution >= 0.6 is 0 Å². The lowest BCUT2D eigenvalue weighted by atomic mass is 10.3. The van der Waals surface area contributed by atoms with E-state index in [4.69, 9.17) is 5.26 Å². The molecule has 3 nitrogen and oxygen atoms in total. The van der Waals surface area contributed by atoms with Gasteiger partial charge >= 0.3 is 5.97 Å². The summed E-state index contributed by atoms with van der Waals surface area (Å²) in [5.41, 5.74) is 0.227. The van der Waals surface area contributed by atoms with Crippen molar-refractivity contribution in [3.63, 3.8) is 0 Å². The molecule has 0 unspecified atom stereocenters. The standard InChI is InChI=1S/C7H7NO2/c1-6(5-8)3-4-7(9)10-2/h3-4H,1H2,2H3/b4-3+. The smallest absolute Gasteiger partial charge is 0.330 e. The minimum atomic E-state index is -0.489. The van der Waals surface area contributed by atoms with Crippen LogP contribution in [-0.2, 0) is 9.53 Å². The second-order valence-corrected chi connectivity index (χ2v) is 1.49. The van der Waals surface area contributed by atoms with E-state index in [1.54, 1.807) is 6.07 Å². The highest BCUT2D eigenvalue weighted by atomic mass is 16.5. The molecule has 0 aromatic carbocycles. The number of nitriles is 1. The Labute approximate surface area is 59.2 Å². The van der Waals surface area contributed by atoms with E-state index in [0.717, 1.165) is 6.08 Å². The van der Waals surface area contributed by atoms with Crippen LogP contribution < -0.4 is 0 Å². The van der Waals surface area contributed by atoms with Crippen molar-refractivity contribution >= 4 is 5.97 Å². The molecule has 0 N–H and O–H groups in total. The molecule has 0 radical (unpaired) electrons. The Kier molecular flexibility index (Phi) is 3.66. The van der Waals surface area contributed by atoms with Crippen LogP contribution in [0.1, 0.15) is 0 Å². The zero-order valence-corrected chi connectivity index (χ0v) is 5.63. The van der Waals surface area contributed by atoms with Crippen molar-refractivity contribution in [1.82, 2.24) is 0 Å². The van der Waals surface area contributed by atoms with Gasteiger partial charge in [-0.15, -0.1) is 0 Å². The van der Waals surface area contributed by atoms with Crippen LogP contribution in [0, 0.1) is 11.3 Å². The van der Waals surface area contributed by atoms with Crippen LogP contribution in [-0.4, -0.2) is 13.1 Å². The summed E-state index contributed by atoms with van der Waals surface area (Å²) in [6, 6.07) is 1.76. The molecule has 10 heavy (non-hydrogen) atoms. The van der Waals surface area contributed by atoms with Crippen molar-refractivity contribution in [2.24, 2.45) is 0 Å². The van der Waals surface area contributed by atoms with E-state index < -0.39 is 5.97 Å². The average molecular weight is 137 g/mol. The molecule has 0 aromatic heterocycles. The molecular formula is C7H7NO2.